The number of carbonyl (C=O) groups is 2. The second-order valence-corrected chi connectivity index (χ2v) is 3.48. The van der Waals surface area contributed by atoms with Crippen LogP contribution in [0.4, 0.5) is 4.39 Å². The molecule has 6 heteroatoms. The number of morpholine rings is 1. The van der Waals surface area contributed by atoms with Crippen molar-refractivity contribution in [3.8, 4) is 0 Å². The Balaban J connectivity index is 2.79. The zero-order valence-electron chi connectivity index (χ0n) is 8.98. The fourth-order valence-electron chi connectivity index (χ4n) is 1.33. The summed E-state index contributed by atoms with van der Waals surface area (Å²) in [6.45, 7) is 2.99. The minimum atomic E-state index is -1.80. The van der Waals surface area contributed by atoms with E-state index in [1.165, 1.54) is 6.20 Å². The number of hydrogen-bond acceptors (Lipinski definition) is 4. The predicted octanol–water partition coefficient (Wildman–Crippen LogP) is 0.214. The summed E-state index contributed by atoms with van der Waals surface area (Å²) in [5.74, 6) is -2.40. The van der Waals surface area contributed by atoms with Gasteiger partial charge >= 0.3 is 5.97 Å². The Hall–Kier alpha value is -1.43. The number of hydrogen-bond donors (Lipinski definition) is 1. The van der Waals surface area contributed by atoms with E-state index < -0.39 is 23.5 Å². The Kier molecular flexibility index (Phi) is 4.42. The van der Waals surface area contributed by atoms with Crippen molar-refractivity contribution in [2.45, 2.75) is 13.1 Å². The van der Waals surface area contributed by atoms with Gasteiger partial charge in [0.1, 0.15) is 5.57 Å². The van der Waals surface area contributed by atoms with Gasteiger partial charge in [0.25, 0.3) is 0 Å². The third-order valence-electron chi connectivity index (χ3n) is 2.21. The topological polar surface area (TPSA) is 66.8 Å². The van der Waals surface area contributed by atoms with Crippen LogP contribution in [0.25, 0.3) is 0 Å². The van der Waals surface area contributed by atoms with Gasteiger partial charge in [0, 0.05) is 19.3 Å². The first-order valence-corrected chi connectivity index (χ1v) is 4.97. The number of alkyl halides is 1. The van der Waals surface area contributed by atoms with E-state index in [0.29, 0.717) is 26.3 Å². The summed E-state index contributed by atoms with van der Waals surface area (Å²) < 4.78 is 17.8. The van der Waals surface area contributed by atoms with E-state index in [4.69, 9.17) is 9.84 Å². The Morgan fingerprint density at radius 1 is 1.44 bits per heavy atom. The highest BCUT2D eigenvalue weighted by atomic mass is 19.1. The van der Waals surface area contributed by atoms with Crippen molar-refractivity contribution in [2.24, 2.45) is 0 Å². The van der Waals surface area contributed by atoms with Crippen molar-refractivity contribution in [1.29, 1.82) is 0 Å². The van der Waals surface area contributed by atoms with Gasteiger partial charge in [-0.15, -0.1) is 0 Å². The maximum Gasteiger partial charge on any atom is 0.340 e. The molecule has 0 bridgehead atoms. The molecule has 1 unspecified atom stereocenters. The molecular formula is C10H14FNO4. The third-order valence-corrected chi connectivity index (χ3v) is 2.21. The molecule has 90 valence electrons. The summed E-state index contributed by atoms with van der Waals surface area (Å²) in [5, 5.41) is 8.81. The molecule has 1 saturated heterocycles. The minimum absolute atomic E-state index is 0.475. The summed E-state index contributed by atoms with van der Waals surface area (Å²) in [4.78, 5) is 23.7. The van der Waals surface area contributed by atoms with E-state index in [1.54, 1.807) is 4.90 Å². The highest BCUT2D eigenvalue weighted by molar-refractivity contribution is 6.18. The highest BCUT2D eigenvalue weighted by Crippen LogP contribution is 2.08. The molecule has 1 fully saturated rings. The lowest BCUT2D eigenvalue weighted by molar-refractivity contribution is -0.135. The summed E-state index contributed by atoms with van der Waals surface area (Å²) in [6, 6.07) is 0. The van der Waals surface area contributed by atoms with E-state index in [0.717, 1.165) is 6.92 Å². The molecule has 0 spiro atoms. The van der Waals surface area contributed by atoms with Gasteiger partial charge in [-0.05, 0) is 6.92 Å². The second kappa shape index (κ2) is 5.60. The summed E-state index contributed by atoms with van der Waals surface area (Å²) >= 11 is 0. The zero-order valence-corrected chi connectivity index (χ0v) is 8.98. The molecule has 0 radical (unpaired) electrons. The molecule has 1 rings (SSSR count). The highest BCUT2D eigenvalue weighted by Gasteiger charge is 2.24. The van der Waals surface area contributed by atoms with Crippen molar-refractivity contribution in [1.82, 2.24) is 4.90 Å². The van der Waals surface area contributed by atoms with Crippen LogP contribution in [0, 0.1) is 0 Å². The molecular weight excluding hydrogens is 217 g/mol. The maximum atomic E-state index is 12.8. The largest absolute Gasteiger partial charge is 0.478 e. The lowest BCUT2D eigenvalue weighted by Gasteiger charge is -2.25. The van der Waals surface area contributed by atoms with Gasteiger partial charge in [-0.3, -0.25) is 4.79 Å². The number of carboxylic acid groups (broad SMARTS) is 1. The molecule has 1 atom stereocenters. The van der Waals surface area contributed by atoms with Crippen LogP contribution >= 0.6 is 0 Å². The number of halogens is 1. The van der Waals surface area contributed by atoms with Crippen molar-refractivity contribution < 1.29 is 23.8 Å². The van der Waals surface area contributed by atoms with Crippen LogP contribution in [0.5, 0.6) is 0 Å². The minimum Gasteiger partial charge on any atom is -0.478 e. The maximum absolute atomic E-state index is 12.8. The second-order valence-electron chi connectivity index (χ2n) is 3.48. The van der Waals surface area contributed by atoms with Crippen LogP contribution in [0.2, 0.25) is 0 Å². The van der Waals surface area contributed by atoms with Gasteiger partial charge in [-0.1, -0.05) is 0 Å². The number of rotatable bonds is 4. The fourth-order valence-corrected chi connectivity index (χ4v) is 1.33. The Morgan fingerprint density at radius 3 is 2.44 bits per heavy atom. The summed E-state index contributed by atoms with van der Waals surface area (Å²) in [7, 11) is 0. The average Bonchev–Trinajstić information content (AvgIpc) is 2.26. The number of ketones is 1. The number of nitrogens with zero attached hydrogens (tertiary/aromatic N) is 1. The van der Waals surface area contributed by atoms with Crippen LogP contribution in [0.15, 0.2) is 11.8 Å². The molecule has 1 heterocycles. The molecule has 0 aromatic rings. The predicted molar refractivity (Wildman–Crippen MR) is 53.7 cm³/mol. The lowest BCUT2D eigenvalue weighted by atomic mass is 10.1. The van der Waals surface area contributed by atoms with E-state index in [9.17, 15) is 14.0 Å². The van der Waals surface area contributed by atoms with Crippen LogP contribution < -0.4 is 0 Å². The number of Topliss-reactive ketones (excluding diaryl/α,β-unsaturated/α-hetero) is 1. The van der Waals surface area contributed by atoms with Gasteiger partial charge in [0.2, 0.25) is 5.78 Å². The van der Waals surface area contributed by atoms with E-state index in [-0.39, 0.29) is 0 Å². The molecule has 0 saturated carbocycles. The van der Waals surface area contributed by atoms with Crippen LogP contribution in [-0.4, -0.2) is 54.2 Å². The molecule has 0 aliphatic carbocycles. The fraction of sp³-hybridized carbons (Fsp3) is 0.600. The van der Waals surface area contributed by atoms with Gasteiger partial charge in [0.15, 0.2) is 6.17 Å². The molecule has 1 aliphatic rings. The van der Waals surface area contributed by atoms with Crippen molar-refractivity contribution in [3.05, 3.63) is 11.8 Å². The summed E-state index contributed by atoms with van der Waals surface area (Å²) in [5.41, 5.74) is -0.517. The quantitative estimate of drug-likeness (QED) is 0.426. The van der Waals surface area contributed by atoms with Gasteiger partial charge in [-0.2, -0.15) is 0 Å². The molecule has 0 aromatic heterocycles. The van der Waals surface area contributed by atoms with Crippen molar-refractivity contribution >= 4 is 11.8 Å². The number of aliphatic carboxylic acids is 1. The van der Waals surface area contributed by atoms with Crippen molar-refractivity contribution in [2.75, 3.05) is 26.3 Å². The normalized spacial score (nSPS) is 19.4. The number of carbonyl (C=O) groups excluding carboxylic acids is 1. The monoisotopic (exact) mass is 231 g/mol. The number of ether oxygens (including phenoxy) is 1. The third kappa shape index (κ3) is 3.30. The van der Waals surface area contributed by atoms with Gasteiger partial charge < -0.3 is 14.7 Å². The SMILES string of the molecule is CC(F)C(=O)C(=CN1CCOCC1)C(=O)O. The lowest BCUT2D eigenvalue weighted by Crippen LogP contribution is -2.34. The molecule has 5 nitrogen and oxygen atoms in total. The molecule has 0 aromatic carbocycles. The molecule has 1 N–H and O–H groups in total. The average molecular weight is 231 g/mol. The van der Waals surface area contributed by atoms with Crippen LogP contribution in [0.1, 0.15) is 6.92 Å². The van der Waals surface area contributed by atoms with Crippen LogP contribution in [-0.2, 0) is 14.3 Å². The van der Waals surface area contributed by atoms with E-state index >= 15 is 0 Å². The van der Waals surface area contributed by atoms with Gasteiger partial charge in [0.05, 0.1) is 13.2 Å². The molecule has 16 heavy (non-hydrogen) atoms. The first kappa shape index (κ1) is 12.6. The smallest absolute Gasteiger partial charge is 0.340 e. The van der Waals surface area contributed by atoms with Crippen molar-refractivity contribution in [3.63, 3.8) is 0 Å². The Bertz CT molecular complexity index is 308. The molecule has 0 amide bonds. The summed E-state index contributed by atoms with van der Waals surface area (Å²) in [6.07, 6.45) is -0.605. The first-order chi connectivity index (χ1) is 7.52. The zero-order chi connectivity index (χ0) is 12.1. The number of carboxylic acids is 1. The molecule has 1 aliphatic heterocycles. The Morgan fingerprint density at radius 2 is 2.00 bits per heavy atom. The van der Waals surface area contributed by atoms with Gasteiger partial charge in [-0.25, -0.2) is 9.18 Å². The van der Waals surface area contributed by atoms with E-state index in [1.807, 2.05) is 0 Å². The Labute approximate surface area is 92.5 Å². The first-order valence-electron chi connectivity index (χ1n) is 4.97. The van der Waals surface area contributed by atoms with Crippen LogP contribution in [0.3, 0.4) is 0 Å². The standard InChI is InChI=1S/C10H14FNO4/c1-7(11)9(13)8(10(14)15)6-12-2-4-16-5-3-12/h6-7H,2-5H2,1H3,(H,14,15). The van der Waals surface area contributed by atoms with E-state index in [2.05, 4.69) is 0 Å².